The van der Waals surface area contributed by atoms with Crippen LogP contribution in [0.2, 0.25) is 5.02 Å². The summed E-state index contributed by atoms with van der Waals surface area (Å²) in [6.45, 7) is 6.06. The minimum absolute atomic E-state index is 0.297. The molecule has 0 heterocycles. The van der Waals surface area contributed by atoms with Gasteiger partial charge in [-0.2, -0.15) is 0 Å². The zero-order valence-corrected chi connectivity index (χ0v) is 8.88. The summed E-state index contributed by atoms with van der Waals surface area (Å²) in [6, 6.07) is 5.95. The molecule has 0 bridgehead atoms. The standard InChI is InChI=1S/C10H12ClS/c1-7(2)9-6-8(11)4-5-10(9)12-3/h4-7H,1H2,2-3H3. The van der Waals surface area contributed by atoms with Crippen molar-refractivity contribution in [1.82, 2.24) is 0 Å². The summed E-state index contributed by atoms with van der Waals surface area (Å²) in [5.74, 6) is 0.297. The molecule has 2 heteroatoms. The van der Waals surface area contributed by atoms with E-state index in [4.69, 9.17) is 11.6 Å². The van der Waals surface area contributed by atoms with E-state index in [1.807, 2.05) is 18.2 Å². The highest BCUT2D eigenvalue weighted by molar-refractivity contribution is 7.98. The molecule has 0 fully saturated rings. The highest BCUT2D eigenvalue weighted by atomic mass is 35.5. The Balaban J connectivity index is 3.12. The molecule has 0 spiro atoms. The lowest BCUT2D eigenvalue weighted by Gasteiger charge is -2.10. The van der Waals surface area contributed by atoms with Gasteiger partial charge in [0.25, 0.3) is 0 Å². The number of thioether (sulfide) groups is 1. The summed E-state index contributed by atoms with van der Waals surface area (Å²) >= 11 is 7.61. The third-order valence-corrected chi connectivity index (χ3v) is 2.77. The summed E-state index contributed by atoms with van der Waals surface area (Å²) in [5, 5.41) is 0.790. The Labute approximate surface area is 83.3 Å². The maximum atomic E-state index is 5.88. The van der Waals surface area contributed by atoms with Crippen LogP contribution in [0.3, 0.4) is 0 Å². The van der Waals surface area contributed by atoms with Crippen LogP contribution >= 0.6 is 23.4 Å². The Kier molecular flexibility index (Phi) is 3.48. The second-order valence-corrected chi connectivity index (χ2v) is 4.07. The van der Waals surface area contributed by atoms with Gasteiger partial charge >= 0.3 is 0 Å². The van der Waals surface area contributed by atoms with Crippen molar-refractivity contribution in [3.63, 3.8) is 0 Å². The van der Waals surface area contributed by atoms with Gasteiger partial charge in [0, 0.05) is 9.92 Å². The molecular formula is C10H12ClS. The SMILES string of the molecule is [CH2]C(C)c1cc(Cl)ccc1SC. The first-order chi connectivity index (χ1) is 5.65. The maximum Gasteiger partial charge on any atom is 0.0409 e. The molecule has 0 N–H and O–H groups in total. The molecule has 65 valence electrons. The Morgan fingerprint density at radius 3 is 2.67 bits per heavy atom. The van der Waals surface area contributed by atoms with Crippen LogP contribution in [0.1, 0.15) is 18.4 Å². The van der Waals surface area contributed by atoms with Crippen LogP contribution in [0.5, 0.6) is 0 Å². The van der Waals surface area contributed by atoms with Crippen molar-refractivity contribution in [2.75, 3.05) is 6.26 Å². The van der Waals surface area contributed by atoms with Gasteiger partial charge in [-0.05, 0) is 42.9 Å². The molecule has 0 saturated carbocycles. The predicted molar refractivity (Wildman–Crippen MR) is 57.0 cm³/mol. The molecule has 12 heavy (non-hydrogen) atoms. The fourth-order valence-electron chi connectivity index (χ4n) is 1.09. The maximum absolute atomic E-state index is 5.88. The first-order valence-corrected chi connectivity index (χ1v) is 5.42. The molecule has 0 aromatic heterocycles. The van der Waals surface area contributed by atoms with Crippen molar-refractivity contribution < 1.29 is 0 Å². The lowest BCUT2D eigenvalue weighted by atomic mass is 10.0. The van der Waals surface area contributed by atoms with E-state index in [2.05, 4.69) is 20.1 Å². The highest BCUT2D eigenvalue weighted by Gasteiger charge is 2.05. The van der Waals surface area contributed by atoms with E-state index < -0.39 is 0 Å². The van der Waals surface area contributed by atoms with E-state index in [1.54, 1.807) is 11.8 Å². The Bertz CT molecular complexity index is 269. The molecule has 0 nitrogen and oxygen atoms in total. The minimum atomic E-state index is 0.297. The average Bonchev–Trinajstić information content (AvgIpc) is 2.04. The fourth-order valence-corrected chi connectivity index (χ4v) is 1.97. The van der Waals surface area contributed by atoms with Gasteiger partial charge in [-0.15, -0.1) is 11.8 Å². The van der Waals surface area contributed by atoms with Gasteiger partial charge in [-0.3, -0.25) is 0 Å². The molecule has 0 amide bonds. The predicted octanol–water partition coefficient (Wildman–Crippen LogP) is 4.00. The van der Waals surface area contributed by atoms with Gasteiger partial charge < -0.3 is 0 Å². The van der Waals surface area contributed by atoms with Crippen molar-refractivity contribution in [2.24, 2.45) is 0 Å². The van der Waals surface area contributed by atoms with Crippen LogP contribution < -0.4 is 0 Å². The summed E-state index contributed by atoms with van der Waals surface area (Å²) < 4.78 is 0. The molecule has 1 unspecified atom stereocenters. The summed E-state index contributed by atoms with van der Waals surface area (Å²) in [7, 11) is 0. The largest absolute Gasteiger partial charge is 0.129 e. The molecule has 1 radical (unpaired) electrons. The van der Waals surface area contributed by atoms with Crippen molar-refractivity contribution >= 4 is 23.4 Å². The van der Waals surface area contributed by atoms with Crippen molar-refractivity contribution in [3.05, 3.63) is 35.7 Å². The van der Waals surface area contributed by atoms with Gasteiger partial charge in [0.1, 0.15) is 0 Å². The van der Waals surface area contributed by atoms with Crippen LogP contribution in [0.25, 0.3) is 0 Å². The normalized spacial score (nSPS) is 10.8. The second-order valence-electron chi connectivity index (χ2n) is 2.79. The fraction of sp³-hybridized carbons (Fsp3) is 0.300. The molecule has 0 saturated heterocycles. The molecule has 0 aliphatic carbocycles. The van der Waals surface area contributed by atoms with Crippen molar-refractivity contribution in [1.29, 1.82) is 0 Å². The topological polar surface area (TPSA) is 0 Å². The van der Waals surface area contributed by atoms with Crippen LogP contribution in [0, 0.1) is 6.92 Å². The van der Waals surface area contributed by atoms with Gasteiger partial charge in [-0.1, -0.05) is 18.5 Å². The number of rotatable bonds is 2. The molecule has 1 aromatic carbocycles. The third kappa shape index (κ3) is 2.18. The lowest BCUT2D eigenvalue weighted by Crippen LogP contribution is -1.90. The first kappa shape index (κ1) is 9.94. The highest BCUT2D eigenvalue weighted by Crippen LogP contribution is 2.29. The molecule has 1 atom stereocenters. The number of benzene rings is 1. The Hall–Kier alpha value is -0.140. The third-order valence-electron chi connectivity index (χ3n) is 1.72. The van der Waals surface area contributed by atoms with E-state index >= 15 is 0 Å². The van der Waals surface area contributed by atoms with Crippen LogP contribution in [-0.4, -0.2) is 6.26 Å². The van der Waals surface area contributed by atoms with E-state index in [0.29, 0.717) is 5.92 Å². The van der Waals surface area contributed by atoms with Crippen LogP contribution in [0.15, 0.2) is 23.1 Å². The number of hydrogen-bond acceptors (Lipinski definition) is 1. The number of hydrogen-bond donors (Lipinski definition) is 0. The summed E-state index contributed by atoms with van der Waals surface area (Å²) in [4.78, 5) is 1.27. The zero-order valence-electron chi connectivity index (χ0n) is 7.30. The van der Waals surface area contributed by atoms with Gasteiger partial charge in [0.15, 0.2) is 0 Å². The van der Waals surface area contributed by atoms with E-state index in [0.717, 1.165) is 5.02 Å². The molecule has 1 aromatic rings. The molecular weight excluding hydrogens is 188 g/mol. The van der Waals surface area contributed by atoms with Gasteiger partial charge in [-0.25, -0.2) is 0 Å². The van der Waals surface area contributed by atoms with E-state index in [1.165, 1.54) is 10.5 Å². The van der Waals surface area contributed by atoms with E-state index in [-0.39, 0.29) is 0 Å². The second kappa shape index (κ2) is 4.20. The average molecular weight is 200 g/mol. The monoisotopic (exact) mass is 199 g/mol. The smallest absolute Gasteiger partial charge is 0.0409 e. The molecule has 0 aliphatic heterocycles. The van der Waals surface area contributed by atoms with E-state index in [9.17, 15) is 0 Å². The lowest BCUT2D eigenvalue weighted by molar-refractivity contribution is 0.931. The van der Waals surface area contributed by atoms with Crippen LogP contribution in [0.4, 0.5) is 0 Å². The molecule has 0 aliphatic rings. The van der Waals surface area contributed by atoms with Crippen LogP contribution in [-0.2, 0) is 0 Å². The summed E-state index contributed by atoms with van der Waals surface area (Å²) in [5.41, 5.74) is 1.23. The van der Waals surface area contributed by atoms with Crippen molar-refractivity contribution in [2.45, 2.75) is 17.7 Å². The van der Waals surface area contributed by atoms with Crippen molar-refractivity contribution in [3.8, 4) is 0 Å². The van der Waals surface area contributed by atoms with Gasteiger partial charge in [0.05, 0.1) is 0 Å². The Morgan fingerprint density at radius 1 is 1.50 bits per heavy atom. The first-order valence-electron chi connectivity index (χ1n) is 3.81. The molecule has 1 rings (SSSR count). The summed E-state index contributed by atoms with van der Waals surface area (Å²) in [6.07, 6.45) is 2.06. The Morgan fingerprint density at radius 2 is 2.17 bits per heavy atom. The zero-order chi connectivity index (χ0) is 9.14. The number of halogens is 1. The minimum Gasteiger partial charge on any atom is -0.129 e. The quantitative estimate of drug-likeness (QED) is 0.649. The van der Waals surface area contributed by atoms with Gasteiger partial charge in [0.2, 0.25) is 0 Å².